The van der Waals surface area contributed by atoms with Crippen molar-refractivity contribution in [1.29, 1.82) is 0 Å². The Morgan fingerprint density at radius 2 is 1.71 bits per heavy atom. The van der Waals surface area contributed by atoms with Crippen LogP contribution in [0.1, 0.15) is 23.6 Å². The molecule has 1 aliphatic heterocycles. The molecule has 0 aliphatic carbocycles. The molecule has 0 aromatic heterocycles. The van der Waals surface area contributed by atoms with Crippen LogP contribution in [0.15, 0.2) is 36.4 Å². The van der Waals surface area contributed by atoms with Crippen LogP contribution < -0.4 is 19.7 Å². The van der Waals surface area contributed by atoms with Crippen molar-refractivity contribution in [2.24, 2.45) is 0 Å². The minimum Gasteiger partial charge on any atom is -0.486 e. The molecule has 31 heavy (non-hydrogen) atoms. The maximum Gasteiger partial charge on any atom is 0.279 e. The predicted molar refractivity (Wildman–Crippen MR) is 120 cm³/mol. The lowest BCUT2D eigenvalue weighted by Gasteiger charge is -2.24. The van der Waals surface area contributed by atoms with Gasteiger partial charge < -0.3 is 24.6 Å². The van der Waals surface area contributed by atoms with E-state index < -0.39 is 0 Å². The number of fused-ring (bicyclic) bond motifs is 1. The van der Waals surface area contributed by atoms with Gasteiger partial charge in [0.25, 0.3) is 11.8 Å². The molecule has 0 spiro atoms. The van der Waals surface area contributed by atoms with Crippen LogP contribution in [0.5, 0.6) is 11.5 Å². The molecule has 2 aromatic rings. The molecule has 2 amide bonds. The van der Waals surface area contributed by atoms with Crippen LogP contribution in [-0.2, 0) is 16.1 Å². The van der Waals surface area contributed by atoms with Gasteiger partial charge in [0, 0.05) is 18.8 Å². The molecule has 0 saturated heterocycles. The number of nitrogens with zero attached hydrogens (tertiary/aromatic N) is 1. The summed E-state index contributed by atoms with van der Waals surface area (Å²) in [5, 5.41) is 2.98. The van der Waals surface area contributed by atoms with Crippen molar-refractivity contribution >= 4 is 17.5 Å². The van der Waals surface area contributed by atoms with Crippen molar-refractivity contribution in [3.05, 3.63) is 53.1 Å². The van der Waals surface area contributed by atoms with Gasteiger partial charge in [-0.15, -0.1) is 0 Å². The smallest absolute Gasteiger partial charge is 0.279 e. The summed E-state index contributed by atoms with van der Waals surface area (Å²) in [7, 11) is 1.86. The second kappa shape index (κ2) is 10.3. The van der Waals surface area contributed by atoms with Crippen LogP contribution >= 0.6 is 0 Å². The number of rotatable bonds is 8. The van der Waals surface area contributed by atoms with E-state index in [1.165, 1.54) is 0 Å². The van der Waals surface area contributed by atoms with Gasteiger partial charge in [0.2, 0.25) is 0 Å². The summed E-state index contributed by atoms with van der Waals surface area (Å²) >= 11 is 0. The average Bonchev–Trinajstić information content (AvgIpc) is 2.74. The first-order valence-electron chi connectivity index (χ1n) is 10.7. The monoisotopic (exact) mass is 426 g/mol. The quantitative estimate of drug-likeness (QED) is 0.672. The lowest BCUT2D eigenvalue weighted by molar-refractivity contribution is -0.862. The fourth-order valence-electron chi connectivity index (χ4n) is 3.68. The summed E-state index contributed by atoms with van der Waals surface area (Å²) in [6.45, 7) is 8.55. The van der Waals surface area contributed by atoms with E-state index in [4.69, 9.17) is 9.47 Å². The van der Waals surface area contributed by atoms with E-state index in [1.54, 1.807) is 4.90 Å². The molecule has 1 aliphatic rings. The largest absolute Gasteiger partial charge is 0.486 e. The van der Waals surface area contributed by atoms with Crippen LogP contribution in [0.3, 0.4) is 0 Å². The fraction of sp³-hybridized carbons (Fsp3) is 0.417. The third-order valence-electron chi connectivity index (χ3n) is 5.38. The highest BCUT2D eigenvalue weighted by molar-refractivity contribution is 5.93. The number of likely N-dealkylation sites (N-methyl/N-ethyl adjacent to an activating group) is 2. The maximum atomic E-state index is 12.8. The molecule has 0 saturated carbocycles. The summed E-state index contributed by atoms with van der Waals surface area (Å²) in [5.74, 6) is 1.37. The van der Waals surface area contributed by atoms with Gasteiger partial charge >= 0.3 is 0 Å². The summed E-state index contributed by atoms with van der Waals surface area (Å²) in [6.07, 6.45) is 0. The summed E-state index contributed by atoms with van der Waals surface area (Å²) in [5.41, 5.74) is 3.89. The number of carbonyl (C=O) groups excluding carboxylic acids is 2. The van der Waals surface area contributed by atoms with Crippen molar-refractivity contribution in [3.63, 3.8) is 0 Å². The number of carbonyl (C=O) groups is 2. The number of hydrogen-bond donors (Lipinski definition) is 2. The average molecular weight is 427 g/mol. The number of ether oxygens (including phenoxy) is 2. The molecule has 1 unspecified atom stereocenters. The Morgan fingerprint density at radius 1 is 1.03 bits per heavy atom. The van der Waals surface area contributed by atoms with E-state index in [0.29, 0.717) is 26.3 Å². The van der Waals surface area contributed by atoms with Crippen LogP contribution in [0.2, 0.25) is 0 Å². The van der Waals surface area contributed by atoms with E-state index in [-0.39, 0.29) is 24.9 Å². The van der Waals surface area contributed by atoms with E-state index in [0.717, 1.165) is 38.8 Å². The number of nitrogens with one attached hydrogen (secondary N) is 2. The number of hydrogen-bond acceptors (Lipinski definition) is 4. The Kier molecular flexibility index (Phi) is 7.52. The molecule has 2 N–H and O–H groups in total. The SMILES string of the molecule is CCN(Cc1ccc2c(c1)OCCO2)C(=O)C[NH+](C)CC(=O)Nc1c(C)cccc1C. The number of quaternary nitrogens is 1. The molecule has 1 heterocycles. The van der Waals surface area contributed by atoms with E-state index in [1.807, 2.05) is 64.2 Å². The van der Waals surface area contributed by atoms with Crippen molar-refractivity contribution in [2.45, 2.75) is 27.3 Å². The topological polar surface area (TPSA) is 72.3 Å². The number of amides is 2. The van der Waals surface area contributed by atoms with Crippen LogP contribution in [0.4, 0.5) is 5.69 Å². The number of aryl methyl sites for hydroxylation is 2. The molecule has 3 rings (SSSR count). The fourth-order valence-corrected chi connectivity index (χ4v) is 3.68. The van der Waals surface area contributed by atoms with Gasteiger partial charge in [-0.2, -0.15) is 0 Å². The Bertz CT molecular complexity index is 924. The second-order valence-corrected chi connectivity index (χ2v) is 8.01. The van der Waals surface area contributed by atoms with Gasteiger partial charge in [-0.3, -0.25) is 9.59 Å². The molecular formula is C24H32N3O4+. The minimum absolute atomic E-state index is 0.00904. The minimum atomic E-state index is -0.0995. The number of anilines is 1. The zero-order chi connectivity index (χ0) is 22.4. The Labute approximate surface area is 183 Å². The van der Waals surface area contributed by atoms with Crippen molar-refractivity contribution in [3.8, 4) is 11.5 Å². The van der Waals surface area contributed by atoms with Crippen molar-refractivity contribution in [1.82, 2.24) is 4.90 Å². The molecule has 1 atom stereocenters. The lowest BCUT2D eigenvalue weighted by Crippen LogP contribution is -3.11. The molecule has 7 heteroatoms. The van der Waals surface area contributed by atoms with Gasteiger partial charge in [-0.25, -0.2) is 0 Å². The van der Waals surface area contributed by atoms with Crippen molar-refractivity contribution < 1.29 is 24.0 Å². The van der Waals surface area contributed by atoms with Crippen LogP contribution in [0, 0.1) is 13.8 Å². The molecule has 7 nitrogen and oxygen atoms in total. The highest BCUT2D eigenvalue weighted by Crippen LogP contribution is 2.31. The summed E-state index contributed by atoms with van der Waals surface area (Å²) in [4.78, 5) is 28.0. The third kappa shape index (κ3) is 5.98. The number of para-hydroxylation sites is 1. The summed E-state index contributed by atoms with van der Waals surface area (Å²) < 4.78 is 11.2. The van der Waals surface area contributed by atoms with Crippen LogP contribution in [0.25, 0.3) is 0 Å². The zero-order valence-electron chi connectivity index (χ0n) is 18.8. The second-order valence-electron chi connectivity index (χ2n) is 8.01. The standard InChI is InChI=1S/C24H31N3O4/c1-5-27(14-19-9-10-20-21(13-19)31-12-11-30-20)23(29)16-26(4)15-22(28)25-24-17(2)7-6-8-18(24)3/h6-10,13H,5,11-12,14-16H2,1-4H3,(H,25,28)/p+1. The molecule has 0 fully saturated rings. The Balaban J connectivity index is 1.54. The van der Waals surface area contributed by atoms with Gasteiger partial charge in [-0.1, -0.05) is 24.3 Å². The first kappa shape index (κ1) is 22.6. The normalized spacial score (nSPS) is 13.4. The molecule has 0 bridgehead atoms. The van der Waals surface area contributed by atoms with E-state index in [2.05, 4.69) is 5.32 Å². The van der Waals surface area contributed by atoms with Gasteiger partial charge in [0.1, 0.15) is 13.2 Å². The summed E-state index contributed by atoms with van der Waals surface area (Å²) in [6, 6.07) is 11.7. The van der Waals surface area contributed by atoms with Crippen molar-refractivity contribution in [2.75, 3.05) is 45.2 Å². The van der Waals surface area contributed by atoms with Gasteiger partial charge in [0.05, 0.1) is 7.05 Å². The number of benzene rings is 2. The first-order valence-corrected chi connectivity index (χ1v) is 10.7. The first-order chi connectivity index (χ1) is 14.9. The van der Waals surface area contributed by atoms with E-state index >= 15 is 0 Å². The third-order valence-corrected chi connectivity index (χ3v) is 5.38. The maximum absolute atomic E-state index is 12.8. The predicted octanol–water partition coefficient (Wildman–Crippen LogP) is 1.58. The lowest BCUT2D eigenvalue weighted by atomic mass is 10.1. The Morgan fingerprint density at radius 3 is 2.39 bits per heavy atom. The van der Waals surface area contributed by atoms with E-state index in [9.17, 15) is 9.59 Å². The molecular weight excluding hydrogens is 394 g/mol. The highest BCUT2D eigenvalue weighted by Gasteiger charge is 2.20. The van der Waals surface area contributed by atoms with Gasteiger partial charge in [0.15, 0.2) is 24.6 Å². The van der Waals surface area contributed by atoms with Crippen LogP contribution in [-0.4, -0.2) is 56.6 Å². The molecule has 0 radical (unpaired) electrons. The zero-order valence-corrected chi connectivity index (χ0v) is 18.8. The highest BCUT2D eigenvalue weighted by atomic mass is 16.6. The Hall–Kier alpha value is -3.06. The van der Waals surface area contributed by atoms with Gasteiger partial charge in [-0.05, 0) is 49.6 Å². The molecule has 2 aromatic carbocycles. The molecule has 166 valence electrons.